The molecule has 0 aliphatic carbocycles. The van der Waals surface area contributed by atoms with Crippen molar-refractivity contribution >= 4 is 27.7 Å². The van der Waals surface area contributed by atoms with Crippen LogP contribution in [0.5, 0.6) is 0 Å². The summed E-state index contributed by atoms with van der Waals surface area (Å²) in [5.41, 5.74) is 1.30. The van der Waals surface area contributed by atoms with Gasteiger partial charge in [0.05, 0.1) is 22.4 Å². The molecule has 3 nitrogen and oxygen atoms in total. The van der Waals surface area contributed by atoms with Crippen LogP contribution in [0.15, 0.2) is 10.7 Å². The van der Waals surface area contributed by atoms with Crippen molar-refractivity contribution in [1.82, 2.24) is 15.1 Å². The molecule has 2 rings (SSSR count). The number of halogens is 1. The van der Waals surface area contributed by atoms with E-state index in [1.807, 2.05) is 6.20 Å². The van der Waals surface area contributed by atoms with Crippen LogP contribution in [0.25, 0.3) is 0 Å². The average molecular weight is 332 g/mol. The highest BCUT2D eigenvalue weighted by molar-refractivity contribution is 9.10. The third-order valence-corrected chi connectivity index (χ3v) is 5.54. The highest BCUT2D eigenvalue weighted by Gasteiger charge is 2.29. The second kappa shape index (κ2) is 6.44. The van der Waals surface area contributed by atoms with Gasteiger partial charge in [-0.1, -0.05) is 6.42 Å². The lowest BCUT2D eigenvalue weighted by Gasteiger charge is -2.31. The Labute approximate surface area is 122 Å². The van der Waals surface area contributed by atoms with Crippen molar-refractivity contribution in [3.8, 4) is 0 Å². The summed E-state index contributed by atoms with van der Waals surface area (Å²) in [5.74, 6) is 1.29. The summed E-state index contributed by atoms with van der Waals surface area (Å²) in [6, 6.07) is 0.783. The number of hydrogen-bond acceptors (Lipinski definition) is 3. The topological polar surface area (TPSA) is 29.9 Å². The van der Waals surface area contributed by atoms with Gasteiger partial charge in [-0.2, -0.15) is 16.9 Å². The molecular weight excluding hydrogens is 310 g/mol. The fourth-order valence-corrected chi connectivity index (χ4v) is 4.56. The zero-order valence-corrected chi connectivity index (χ0v) is 13.7. The fraction of sp³-hybridized carbons (Fsp3) is 0.769. The predicted octanol–water partition coefficient (Wildman–Crippen LogP) is 3.77. The van der Waals surface area contributed by atoms with E-state index in [0.29, 0.717) is 17.3 Å². The minimum absolute atomic E-state index is 0.384. The molecule has 1 aliphatic heterocycles. The van der Waals surface area contributed by atoms with Gasteiger partial charge in [0.15, 0.2) is 0 Å². The number of aromatic nitrogens is 2. The molecule has 0 aromatic carbocycles. The molecule has 1 aliphatic rings. The first-order valence-corrected chi connectivity index (χ1v) is 8.51. The monoisotopic (exact) mass is 331 g/mol. The molecule has 1 aromatic rings. The van der Waals surface area contributed by atoms with Crippen LogP contribution in [0.1, 0.15) is 50.9 Å². The minimum Gasteiger partial charge on any atom is -0.311 e. The molecule has 1 aromatic heterocycles. The molecule has 1 N–H and O–H groups in total. The smallest absolute Gasteiger partial charge is 0.0709 e. The van der Waals surface area contributed by atoms with Crippen LogP contribution in [0.4, 0.5) is 0 Å². The highest BCUT2D eigenvalue weighted by Crippen LogP contribution is 2.37. The Morgan fingerprint density at radius 2 is 2.28 bits per heavy atom. The number of nitrogens with one attached hydrogen (secondary N) is 1. The highest BCUT2D eigenvalue weighted by atomic mass is 79.9. The fourth-order valence-electron chi connectivity index (χ4n) is 2.58. The van der Waals surface area contributed by atoms with Crippen LogP contribution in [0.2, 0.25) is 0 Å². The average Bonchev–Trinajstić information content (AvgIpc) is 2.74. The molecule has 5 heteroatoms. The summed E-state index contributed by atoms with van der Waals surface area (Å²) in [7, 11) is 2.06. The van der Waals surface area contributed by atoms with E-state index in [9.17, 15) is 0 Å². The summed E-state index contributed by atoms with van der Waals surface area (Å²) >= 11 is 5.76. The second-order valence-corrected chi connectivity index (χ2v) is 7.29. The SMILES string of the molecule is CNC(c1c(Br)cnn1C(C)C)C1CCCCS1. The molecule has 0 bridgehead atoms. The summed E-state index contributed by atoms with van der Waals surface area (Å²) < 4.78 is 3.27. The zero-order valence-electron chi connectivity index (χ0n) is 11.3. The molecule has 0 radical (unpaired) electrons. The van der Waals surface area contributed by atoms with Crippen molar-refractivity contribution in [3.05, 3.63) is 16.4 Å². The molecule has 1 fully saturated rings. The first-order chi connectivity index (χ1) is 8.65. The number of rotatable bonds is 4. The van der Waals surface area contributed by atoms with E-state index in [0.717, 1.165) is 4.47 Å². The third kappa shape index (κ3) is 2.94. The first kappa shape index (κ1) is 14.4. The molecule has 0 spiro atoms. The van der Waals surface area contributed by atoms with E-state index in [-0.39, 0.29) is 0 Å². The summed E-state index contributed by atoms with van der Waals surface area (Å²) in [4.78, 5) is 0. The lowest BCUT2D eigenvalue weighted by atomic mass is 10.0. The molecule has 2 heterocycles. The summed E-state index contributed by atoms with van der Waals surface area (Å²) in [5, 5.41) is 8.66. The molecule has 2 unspecified atom stereocenters. The van der Waals surface area contributed by atoms with Gasteiger partial charge in [-0.3, -0.25) is 4.68 Å². The molecule has 2 atom stereocenters. The van der Waals surface area contributed by atoms with Crippen LogP contribution in [-0.4, -0.2) is 27.8 Å². The standard InChI is InChI=1S/C13H22BrN3S/c1-9(2)17-13(10(14)8-16-17)12(15-3)11-6-4-5-7-18-11/h8-9,11-12,15H,4-7H2,1-3H3. The van der Waals surface area contributed by atoms with E-state index in [1.54, 1.807) is 0 Å². The summed E-state index contributed by atoms with van der Waals surface area (Å²) in [6.45, 7) is 4.37. The van der Waals surface area contributed by atoms with Gasteiger partial charge in [0.2, 0.25) is 0 Å². The lowest BCUT2D eigenvalue weighted by molar-refractivity contribution is 0.437. The Balaban J connectivity index is 2.28. The van der Waals surface area contributed by atoms with E-state index < -0.39 is 0 Å². The first-order valence-electron chi connectivity index (χ1n) is 6.67. The van der Waals surface area contributed by atoms with E-state index in [1.165, 1.54) is 30.7 Å². The maximum Gasteiger partial charge on any atom is 0.0709 e. The van der Waals surface area contributed by atoms with Crippen molar-refractivity contribution in [2.24, 2.45) is 0 Å². The maximum absolute atomic E-state index is 4.50. The van der Waals surface area contributed by atoms with Crippen molar-refractivity contribution < 1.29 is 0 Å². The van der Waals surface area contributed by atoms with E-state index >= 15 is 0 Å². The lowest BCUT2D eigenvalue weighted by Crippen LogP contribution is -2.32. The third-order valence-electron chi connectivity index (χ3n) is 3.47. The van der Waals surface area contributed by atoms with Crippen molar-refractivity contribution in [1.29, 1.82) is 0 Å². The molecule has 0 amide bonds. The van der Waals surface area contributed by atoms with Crippen LogP contribution in [0, 0.1) is 0 Å². The van der Waals surface area contributed by atoms with Crippen molar-refractivity contribution in [2.75, 3.05) is 12.8 Å². The van der Waals surface area contributed by atoms with Crippen molar-refractivity contribution in [3.63, 3.8) is 0 Å². The van der Waals surface area contributed by atoms with Crippen LogP contribution < -0.4 is 5.32 Å². The van der Waals surface area contributed by atoms with Crippen LogP contribution in [-0.2, 0) is 0 Å². The Kier molecular flexibility index (Phi) is 5.15. The van der Waals surface area contributed by atoms with Gasteiger partial charge in [0.25, 0.3) is 0 Å². The Hall–Kier alpha value is -0.000000000000000111. The van der Waals surface area contributed by atoms with Gasteiger partial charge in [-0.15, -0.1) is 0 Å². The van der Waals surface area contributed by atoms with Gasteiger partial charge in [0.1, 0.15) is 0 Å². The van der Waals surface area contributed by atoms with Crippen LogP contribution >= 0.6 is 27.7 Å². The van der Waals surface area contributed by atoms with Crippen molar-refractivity contribution in [2.45, 2.75) is 50.4 Å². The van der Waals surface area contributed by atoms with Gasteiger partial charge in [-0.05, 0) is 55.4 Å². The molecular formula is C13H22BrN3S. The number of hydrogen-bond donors (Lipinski definition) is 1. The van der Waals surface area contributed by atoms with Gasteiger partial charge >= 0.3 is 0 Å². The van der Waals surface area contributed by atoms with Gasteiger partial charge < -0.3 is 5.32 Å². The van der Waals surface area contributed by atoms with Crippen LogP contribution in [0.3, 0.4) is 0 Å². The largest absolute Gasteiger partial charge is 0.311 e. The predicted molar refractivity (Wildman–Crippen MR) is 82.2 cm³/mol. The Bertz CT molecular complexity index is 386. The maximum atomic E-state index is 4.50. The second-order valence-electron chi connectivity index (χ2n) is 5.09. The zero-order chi connectivity index (χ0) is 13.1. The van der Waals surface area contributed by atoms with E-state index in [4.69, 9.17) is 0 Å². The Morgan fingerprint density at radius 1 is 1.50 bits per heavy atom. The Morgan fingerprint density at radius 3 is 2.83 bits per heavy atom. The molecule has 102 valence electrons. The number of nitrogens with zero attached hydrogens (tertiary/aromatic N) is 2. The molecule has 1 saturated heterocycles. The normalized spacial score (nSPS) is 22.4. The number of thioether (sulfide) groups is 1. The van der Waals surface area contributed by atoms with E-state index in [2.05, 4.69) is 63.7 Å². The molecule has 0 saturated carbocycles. The van der Waals surface area contributed by atoms with Gasteiger partial charge in [-0.25, -0.2) is 0 Å². The summed E-state index contributed by atoms with van der Waals surface area (Å²) in [6.07, 6.45) is 5.94. The molecule has 18 heavy (non-hydrogen) atoms. The quantitative estimate of drug-likeness (QED) is 0.910. The minimum atomic E-state index is 0.384. The van der Waals surface area contributed by atoms with Gasteiger partial charge in [0, 0.05) is 11.3 Å².